The molecule has 0 aliphatic heterocycles. The van der Waals surface area contributed by atoms with Crippen molar-refractivity contribution in [1.29, 1.82) is 0 Å². The maximum atomic E-state index is 13.2. The van der Waals surface area contributed by atoms with Crippen LogP contribution in [0.5, 0.6) is 0 Å². The number of nitrogens with zero attached hydrogens (tertiary/aromatic N) is 1. The molecule has 0 radical (unpaired) electrons. The van der Waals surface area contributed by atoms with Crippen LogP contribution in [-0.2, 0) is 5.75 Å². The van der Waals surface area contributed by atoms with Gasteiger partial charge in [0.1, 0.15) is 11.6 Å². The van der Waals surface area contributed by atoms with E-state index < -0.39 is 5.82 Å². The predicted molar refractivity (Wildman–Crippen MR) is 74.9 cm³/mol. The fourth-order valence-electron chi connectivity index (χ4n) is 1.68. The summed E-state index contributed by atoms with van der Waals surface area (Å²) >= 11 is 1.38. The zero-order chi connectivity index (χ0) is 14.5. The second-order valence-corrected chi connectivity index (χ2v) is 5.08. The second kappa shape index (κ2) is 6.38. The normalized spacial score (nSPS) is 11.6. The van der Waals surface area contributed by atoms with E-state index in [4.69, 9.17) is 10.9 Å². The SMILES string of the molecule is N/C(=N/O)c1cc(F)ccc1CSc1cccc(F)c1. The largest absolute Gasteiger partial charge is 0.409 e. The summed E-state index contributed by atoms with van der Waals surface area (Å²) in [5.41, 5.74) is 6.56. The number of nitrogens with two attached hydrogens (primary N) is 1. The van der Waals surface area contributed by atoms with Crippen molar-refractivity contribution >= 4 is 17.6 Å². The van der Waals surface area contributed by atoms with Crippen molar-refractivity contribution in [3.63, 3.8) is 0 Å². The number of halogens is 2. The lowest BCUT2D eigenvalue weighted by molar-refractivity contribution is 0.318. The Morgan fingerprint density at radius 3 is 2.60 bits per heavy atom. The van der Waals surface area contributed by atoms with Crippen molar-refractivity contribution < 1.29 is 14.0 Å². The summed E-state index contributed by atoms with van der Waals surface area (Å²) in [6.07, 6.45) is 0. The van der Waals surface area contributed by atoms with Gasteiger partial charge < -0.3 is 10.9 Å². The minimum Gasteiger partial charge on any atom is -0.409 e. The summed E-state index contributed by atoms with van der Waals surface area (Å²) in [6.45, 7) is 0. The summed E-state index contributed by atoms with van der Waals surface area (Å²) in [5.74, 6) is -0.480. The Kier molecular flexibility index (Phi) is 4.57. The Balaban J connectivity index is 2.21. The molecular weight excluding hydrogens is 282 g/mol. The van der Waals surface area contributed by atoms with E-state index in [1.807, 2.05) is 0 Å². The van der Waals surface area contributed by atoms with Gasteiger partial charge in [0.15, 0.2) is 5.84 Å². The van der Waals surface area contributed by atoms with Gasteiger partial charge >= 0.3 is 0 Å². The first kappa shape index (κ1) is 14.3. The van der Waals surface area contributed by atoms with Crippen LogP contribution in [-0.4, -0.2) is 11.0 Å². The van der Waals surface area contributed by atoms with Crippen LogP contribution >= 0.6 is 11.8 Å². The van der Waals surface area contributed by atoms with Crippen LogP contribution in [0.4, 0.5) is 8.78 Å². The molecule has 104 valence electrons. The van der Waals surface area contributed by atoms with E-state index in [0.717, 1.165) is 4.90 Å². The van der Waals surface area contributed by atoms with Crippen molar-refractivity contribution in [1.82, 2.24) is 0 Å². The number of hydrogen-bond acceptors (Lipinski definition) is 3. The van der Waals surface area contributed by atoms with Gasteiger partial charge in [0.2, 0.25) is 0 Å². The highest BCUT2D eigenvalue weighted by Crippen LogP contribution is 2.25. The summed E-state index contributed by atoms with van der Waals surface area (Å²) < 4.78 is 26.3. The third kappa shape index (κ3) is 3.48. The van der Waals surface area contributed by atoms with Gasteiger partial charge in [-0.15, -0.1) is 11.8 Å². The van der Waals surface area contributed by atoms with E-state index in [1.165, 1.54) is 36.0 Å². The van der Waals surface area contributed by atoms with Gasteiger partial charge in [-0.1, -0.05) is 17.3 Å². The Morgan fingerprint density at radius 2 is 1.90 bits per heavy atom. The quantitative estimate of drug-likeness (QED) is 0.299. The standard InChI is InChI=1S/C14H12F2N2OS/c15-10-2-1-3-12(6-10)20-8-9-4-5-11(16)7-13(9)14(17)18-19/h1-7,19H,8H2,(H2,17,18). The van der Waals surface area contributed by atoms with Gasteiger partial charge in [0.05, 0.1) is 0 Å². The Hall–Kier alpha value is -2.08. The molecule has 0 aliphatic rings. The van der Waals surface area contributed by atoms with Crippen LogP contribution in [0.25, 0.3) is 0 Å². The monoisotopic (exact) mass is 294 g/mol. The van der Waals surface area contributed by atoms with Gasteiger partial charge in [-0.3, -0.25) is 0 Å². The summed E-state index contributed by atoms with van der Waals surface area (Å²) in [6, 6.07) is 10.2. The van der Waals surface area contributed by atoms with E-state index in [-0.39, 0.29) is 11.7 Å². The van der Waals surface area contributed by atoms with Crippen LogP contribution < -0.4 is 5.73 Å². The molecule has 0 heterocycles. The first-order chi connectivity index (χ1) is 9.60. The summed E-state index contributed by atoms with van der Waals surface area (Å²) in [7, 11) is 0. The molecule has 2 aromatic rings. The molecule has 0 atom stereocenters. The van der Waals surface area contributed by atoms with E-state index >= 15 is 0 Å². The first-order valence-electron chi connectivity index (χ1n) is 5.75. The van der Waals surface area contributed by atoms with Crippen molar-refractivity contribution in [2.24, 2.45) is 10.9 Å². The molecule has 0 aliphatic carbocycles. The fourth-order valence-corrected chi connectivity index (χ4v) is 2.63. The molecule has 0 amide bonds. The average Bonchev–Trinajstić information content (AvgIpc) is 2.45. The number of hydrogen-bond donors (Lipinski definition) is 2. The molecular formula is C14H12F2N2OS. The van der Waals surface area contributed by atoms with Gasteiger partial charge in [-0.2, -0.15) is 0 Å². The lowest BCUT2D eigenvalue weighted by Crippen LogP contribution is -2.15. The molecule has 0 aromatic heterocycles. The van der Waals surface area contributed by atoms with Gasteiger partial charge in [0.25, 0.3) is 0 Å². The molecule has 0 bridgehead atoms. The molecule has 0 saturated carbocycles. The van der Waals surface area contributed by atoms with Crippen LogP contribution in [0.3, 0.4) is 0 Å². The van der Waals surface area contributed by atoms with E-state index in [0.29, 0.717) is 16.9 Å². The highest BCUT2D eigenvalue weighted by molar-refractivity contribution is 7.98. The van der Waals surface area contributed by atoms with E-state index in [1.54, 1.807) is 18.2 Å². The topological polar surface area (TPSA) is 58.6 Å². The lowest BCUT2D eigenvalue weighted by atomic mass is 10.1. The lowest BCUT2D eigenvalue weighted by Gasteiger charge is -2.08. The minimum absolute atomic E-state index is 0.153. The van der Waals surface area contributed by atoms with Crippen LogP contribution in [0.15, 0.2) is 52.5 Å². The molecule has 0 fully saturated rings. The molecule has 3 nitrogen and oxygen atoms in total. The molecule has 0 saturated heterocycles. The van der Waals surface area contributed by atoms with E-state index in [9.17, 15) is 8.78 Å². The summed E-state index contributed by atoms with van der Waals surface area (Å²) in [5, 5.41) is 11.6. The number of oxime groups is 1. The number of rotatable bonds is 4. The van der Waals surface area contributed by atoms with Crippen molar-refractivity contribution in [2.75, 3.05) is 0 Å². The molecule has 3 N–H and O–H groups in total. The third-order valence-electron chi connectivity index (χ3n) is 2.65. The average molecular weight is 294 g/mol. The second-order valence-electron chi connectivity index (χ2n) is 4.03. The van der Waals surface area contributed by atoms with Crippen LogP contribution in [0.2, 0.25) is 0 Å². The van der Waals surface area contributed by atoms with Crippen LogP contribution in [0.1, 0.15) is 11.1 Å². The first-order valence-corrected chi connectivity index (χ1v) is 6.73. The fraction of sp³-hybridized carbons (Fsp3) is 0.0714. The van der Waals surface area contributed by atoms with Gasteiger partial charge in [-0.25, -0.2) is 8.78 Å². The molecule has 2 rings (SSSR count). The molecule has 20 heavy (non-hydrogen) atoms. The highest BCUT2D eigenvalue weighted by Gasteiger charge is 2.09. The highest BCUT2D eigenvalue weighted by atomic mass is 32.2. The van der Waals surface area contributed by atoms with Gasteiger partial charge in [-0.05, 0) is 35.9 Å². The molecule has 0 unspecified atom stereocenters. The van der Waals surface area contributed by atoms with Gasteiger partial charge in [0, 0.05) is 16.2 Å². The number of thioether (sulfide) groups is 1. The maximum absolute atomic E-state index is 13.2. The van der Waals surface area contributed by atoms with Crippen LogP contribution in [0, 0.1) is 11.6 Å². The smallest absolute Gasteiger partial charge is 0.170 e. The van der Waals surface area contributed by atoms with Crippen molar-refractivity contribution in [3.8, 4) is 0 Å². The van der Waals surface area contributed by atoms with Crippen molar-refractivity contribution in [2.45, 2.75) is 10.6 Å². The zero-order valence-electron chi connectivity index (χ0n) is 10.4. The third-order valence-corrected chi connectivity index (χ3v) is 3.69. The Labute approximate surface area is 119 Å². The maximum Gasteiger partial charge on any atom is 0.170 e. The molecule has 2 aromatic carbocycles. The molecule has 0 spiro atoms. The number of benzene rings is 2. The Morgan fingerprint density at radius 1 is 1.15 bits per heavy atom. The predicted octanol–water partition coefficient (Wildman–Crippen LogP) is 3.35. The Bertz CT molecular complexity index is 647. The molecule has 6 heteroatoms. The summed E-state index contributed by atoms with van der Waals surface area (Å²) in [4.78, 5) is 0.750. The minimum atomic E-state index is -0.467. The zero-order valence-corrected chi connectivity index (χ0v) is 11.2. The van der Waals surface area contributed by atoms with Crippen molar-refractivity contribution in [3.05, 3.63) is 65.2 Å². The van der Waals surface area contributed by atoms with E-state index in [2.05, 4.69) is 5.16 Å². The number of amidine groups is 1.